The molecular weight excluding hydrogens is 476 g/mol. The summed E-state index contributed by atoms with van der Waals surface area (Å²) >= 11 is 1.18. The van der Waals surface area contributed by atoms with Gasteiger partial charge < -0.3 is 14.8 Å². The molecule has 0 atom stereocenters. The molecule has 180 valence electrons. The molecule has 0 saturated carbocycles. The van der Waals surface area contributed by atoms with Crippen molar-refractivity contribution in [2.24, 2.45) is 0 Å². The molecular formula is C27H22N4O4S. The van der Waals surface area contributed by atoms with E-state index in [1.165, 1.54) is 23.4 Å². The highest BCUT2D eigenvalue weighted by Crippen LogP contribution is 2.31. The molecule has 0 spiro atoms. The highest BCUT2D eigenvalue weighted by molar-refractivity contribution is 7.99. The van der Waals surface area contributed by atoms with Gasteiger partial charge >= 0.3 is 0 Å². The molecule has 0 aliphatic heterocycles. The van der Waals surface area contributed by atoms with Crippen molar-refractivity contribution >= 4 is 45.2 Å². The molecule has 1 N–H and O–H groups in total. The Morgan fingerprint density at radius 1 is 0.917 bits per heavy atom. The van der Waals surface area contributed by atoms with Crippen molar-refractivity contribution in [3.8, 4) is 17.2 Å². The third-order valence-electron chi connectivity index (χ3n) is 5.62. The normalized spacial score (nSPS) is 10.9. The molecule has 0 aliphatic rings. The van der Waals surface area contributed by atoms with E-state index in [-0.39, 0.29) is 17.2 Å². The average molecular weight is 499 g/mol. The van der Waals surface area contributed by atoms with Crippen molar-refractivity contribution in [2.45, 2.75) is 5.16 Å². The lowest BCUT2D eigenvalue weighted by molar-refractivity contribution is -0.113. The van der Waals surface area contributed by atoms with Gasteiger partial charge in [-0.2, -0.15) is 0 Å². The molecule has 0 saturated heterocycles. The summed E-state index contributed by atoms with van der Waals surface area (Å²) in [6.07, 6.45) is 1.71. The number of rotatable bonds is 7. The molecule has 5 aromatic rings. The van der Waals surface area contributed by atoms with Gasteiger partial charge in [0.2, 0.25) is 5.91 Å². The second-order valence-corrected chi connectivity index (χ2v) is 8.75. The van der Waals surface area contributed by atoms with Crippen LogP contribution in [0.5, 0.6) is 11.5 Å². The van der Waals surface area contributed by atoms with E-state index in [1.807, 2.05) is 36.4 Å². The fraction of sp³-hybridized carbons (Fsp3) is 0.111. The number of para-hydroxylation sites is 1. The smallest absolute Gasteiger partial charge is 0.266 e. The van der Waals surface area contributed by atoms with Gasteiger partial charge in [-0.1, -0.05) is 30.0 Å². The Bertz CT molecular complexity index is 1650. The Balaban J connectivity index is 1.49. The molecule has 5 rings (SSSR count). The second kappa shape index (κ2) is 10.1. The van der Waals surface area contributed by atoms with Crippen LogP contribution >= 0.6 is 11.8 Å². The molecule has 2 aromatic heterocycles. The minimum atomic E-state index is -0.240. The SMILES string of the molecule is COc1ccc(-n2c(SCC(=O)Nc3cccc4ncccc34)nc3ccccc3c2=O)cc1OC. The summed E-state index contributed by atoms with van der Waals surface area (Å²) in [5.74, 6) is 0.849. The molecule has 0 bridgehead atoms. The topological polar surface area (TPSA) is 95.3 Å². The van der Waals surface area contributed by atoms with E-state index >= 15 is 0 Å². The van der Waals surface area contributed by atoms with Crippen LogP contribution < -0.4 is 20.3 Å². The molecule has 0 aliphatic carbocycles. The number of carbonyl (C=O) groups excluding carboxylic acids is 1. The predicted octanol–water partition coefficient (Wildman–Crippen LogP) is 4.68. The van der Waals surface area contributed by atoms with Crippen molar-refractivity contribution in [1.29, 1.82) is 0 Å². The fourth-order valence-corrected chi connectivity index (χ4v) is 4.74. The third-order valence-corrected chi connectivity index (χ3v) is 6.56. The first kappa shape index (κ1) is 23.4. The van der Waals surface area contributed by atoms with Crippen LogP contribution in [0, 0.1) is 0 Å². The summed E-state index contributed by atoms with van der Waals surface area (Å²) in [7, 11) is 3.08. The molecule has 2 heterocycles. The van der Waals surface area contributed by atoms with Crippen LogP contribution in [0.25, 0.3) is 27.5 Å². The van der Waals surface area contributed by atoms with Crippen molar-refractivity contribution in [3.63, 3.8) is 0 Å². The molecule has 3 aromatic carbocycles. The molecule has 1 amide bonds. The van der Waals surface area contributed by atoms with E-state index in [2.05, 4.69) is 10.3 Å². The minimum absolute atomic E-state index is 0.0503. The fourth-order valence-electron chi connectivity index (χ4n) is 3.93. The van der Waals surface area contributed by atoms with Crippen LogP contribution in [0.3, 0.4) is 0 Å². The summed E-state index contributed by atoms with van der Waals surface area (Å²) in [6.45, 7) is 0. The Morgan fingerprint density at radius 2 is 1.69 bits per heavy atom. The summed E-state index contributed by atoms with van der Waals surface area (Å²) < 4.78 is 12.3. The van der Waals surface area contributed by atoms with Gasteiger partial charge in [-0.15, -0.1) is 0 Å². The average Bonchev–Trinajstić information content (AvgIpc) is 2.92. The standard InChI is InChI=1S/C27H22N4O4S/c1-34-23-13-12-17(15-24(23)35-2)31-26(33)19-7-3-4-9-22(19)30-27(31)36-16-25(32)29-21-11-5-10-20-18(21)8-6-14-28-20/h3-15H,16H2,1-2H3,(H,29,32). The van der Waals surface area contributed by atoms with Crippen LogP contribution in [0.1, 0.15) is 0 Å². The number of pyridine rings is 1. The van der Waals surface area contributed by atoms with Crippen molar-refractivity contribution < 1.29 is 14.3 Å². The second-order valence-electron chi connectivity index (χ2n) is 7.80. The van der Waals surface area contributed by atoms with Crippen LogP contribution in [-0.2, 0) is 4.79 Å². The molecule has 36 heavy (non-hydrogen) atoms. The number of ether oxygens (including phenoxy) is 2. The third kappa shape index (κ3) is 4.48. The first-order valence-corrected chi connectivity index (χ1v) is 12.1. The van der Waals surface area contributed by atoms with E-state index in [4.69, 9.17) is 14.5 Å². The monoisotopic (exact) mass is 498 g/mol. The maximum Gasteiger partial charge on any atom is 0.266 e. The highest BCUT2D eigenvalue weighted by Gasteiger charge is 2.17. The summed E-state index contributed by atoms with van der Waals surface area (Å²) in [5.41, 5.74) is 2.34. The van der Waals surface area contributed by atoms with E-state index in [0.717, 1.165) is 10.9 Å². The summed E-state index contributed by atoms with van der Waals surface area (Å²) in [5, 5.41) is 4.67. The molecule has 8 nitrogen and oxygen atoms in total. The zero-order valence-electron chi connectivity index (χ0n) is 19.6. The number of anilines is 1. The number of nitrogens with zero attached hydrogens (tertiary/aromatic N) is 3. The van der Waals surface area contributed by atoms with E-state index < -0.39 is 0 Å². The van der Waals surface area contributed by atoms with Gasteiger partial charge in [0.15, 0.2) is 16.7 Å². The van der Waals surface area contributed by atoms with Gasteiger partial charge in [0.25, 0.3) is 5.56 Å². The Labute approximate surface area is 210 Å². The maximum atomic E-state index is 13.5. The van der Waals surface area contributed by atoms with Gasteiger partial charge in [0.05, 0.1) is 47.8 Å². The van der Waals surface area contributed by atoms with Crippen LogP contribution in [-0.4, -0.2) is 40.4 Å². The van der Waals surface area contributed by atoms with Gasteiger partial charge in [0, 0.05) is 17.6 Å². The van der Waals surface area contributed by atoms with E-state index in [1.54, 1.807) is 49.7 Å². The number of aromatic nitrogens is 3. The first-order valence-electron chi connectivity index (χ1n) is 11.1. The minimum Gasteiger partial charge on any atom is -0.493 e. The zero-order chi connectivity index (χ0) is 25.1. The number of carbonyl (C=O) groups is 1. The Morgan fingerprint density at radius 3 is 2.53 bits per heavy atom. The number of methoxy groups -OCH3 is 2. The van der Waals surface area contributed by atoms with Gasteiger partial charge in [-0.05, 0) is 48.5 Å². The number of fused-ring (bicyclic) bond motifs is 2. The number of hydrogen-bond acceptors (Lipinski definition) is 7. The zero-order valence-corrected chi connectivity index (χ0v) is 20.4. The van der Waals surface area contributed by atoms with Crippen LogP contribution in [0.15, 0.2) is 88.9 Å². The summed E-state index contributed by atoms with van der Waals surface area (Å²) in [4.78, 5) is 35.5. The number of amides is 1. The first-order chi connectivity index (χ1) is 17.6. The van der Waals surface area contributed by atoms with E-state index in [0.29, 0.717) is 38.9 Å². The van der Waals surface area contributed by atoms with Crippen molar-refractivity contribution in [2.75, 3.05) is 25.3 Å². The maximum absolute atomic E-state index is 13.5. The lowest BCUT2D eigenvalue weighted by Gasteiger charge is -2.15. The lowest BCUT2D eigenvalue weighted by Crippen LogP contribution is -2.23. The molecule has 0 radical (unpaired) electrons. The lowest BCUT2D eigenvalue weighted by atomic mass is 10.2. The van der Waals surface area contributed by atoms with Crippen molar-refractivity contribution in [3.05, 3.63) is 89.3 Å². The van der Waals surface area contributed by atoms with Crippen LogP contribution in [0.2, 0.25) is 0 Å². The summed E-state index contributed by atoms with van der Waals surface area (Å²) in [6, 6.07) is 21.6. The van der Waals surface area contributed by atoms with Gasteiger partial charge in [0.1, 0.15) is 0 Å². The van der Waals surface area contributed by atoms with Crippen LogP contribution in [0.4, 0.5) is 5.69 Å². The van der Waals surface area contributed by atoms with Crippen molar-refractivity contribution in [1.82, 2.24) is 14.5 Å². The van der Waals surface area contributed by atoms with E-state index in [9.17, 15) is 9.59 Å². The molecule has 0 fully saturated rings. The number of nitrogens with one attached hydrogen (secondary N) is 1. The Kier molecular flexibility index (Phi) is 6.55. The predicted molar refractivity (Wildman–Crippen MR) is 142 cm³/mol. The quantitative estimate of drug-likeness (QED) is 0.257. The van der Waals surface area contributed by atoms with Gasteiger partial charge in [-0.3, -0.25) is 19.1 Å². The molecule has 9 heteroatoms. The Hall–Kier alpha value is -4.37. The number of thioether (sulfide) groups is 1. The number of benzene rings is 3. The number of hydrogen-bond donors (Lipinski definition) is 1. The van der Waals surface area contributed by atoms with Gasteiger partial charge in [-0.25, -0.2) is 4.98 Å². The molecule has 0 unspecified atom stereocenters. The highest BCUT2D eigenvalue weighted by atomic mass is 32.2. The largest absolute Gasteiger partial charge is 0.493 e.